The number of aromatic hydroxyl groups is 1. The van der Waals surface area contributed by atoms with Gasteiger partial charge >= 0.3 is 0 Å². The van der Waals surface area contributed by atoms with Gasteiger partial charge in [0.05, 0.1) is 6.10 Å². The molecule has 0 aliphatic heterocycles. The van der Waals surface area contributed by atoms with Crippen LogP contribution in [0.2, 0.25) is 0 Å². The number of ketones is 1. The highest BCUT2D eigenvalue weighted by molar-refractivity contribution is 5.89. The molecule has 0 amide bonds. The molecule has 1 aliphatic carbocycles. The molecule has 0 unspecified atom stereocenters. The number of aliphatic hydroxyl groups is 1. The summed E-state index contributed by atoms with van der Waals surface area (Å²) in [5, 5.41) is 20.9. The number of carbonyl (C=O) groups excluding carboxylic acids is 1. The second-order valence-electron chi connectivity index (χ2n) is 12.3. The number of hydrogen-bond donors (Lipinski definition) is 4. The molecule has 0 bridgehead atoms. The molecule has 3 atom stereocenters. The van der Waals surface area contributed by atoms with Gasteiger partial charge in [0, 0.05) is 38.9 Å². The third-order valence-corrected chi connectivity index (χ3v) is 8.43. The molecule has 8 nitrogen and oxygen atoms in total. The Bertz CT molecular complexity index is 984. The van der Waals surface area contributed by atoms with E-state index in [4.69, 9.17) is 20.9 Å². The van der Waals surface area contributed by atoms with Crippen molar-refractivity contribution >= 4 is 11.7 Å². The van der Waals surface area contributed by atoms with Gasteiger partial charge in [-0.15, -0.1) is 0 Å². The molecule has 238 valence electrons. The molecule has 8 heteroatoms. The topological polar surface area (TPSA) is 140 Å². The lowest BCUT2D eigenvalue weighted by molar-refractivity contribution is -0.114. The quantitative estimate of drug-likeness (QED) is 0.0597. The van der Waals surface area contributed by atoms with Gasteiger partial charge in [0.2, 0.25) is 0 Å². The van der Waals surface area contributed by atoms with Gasteiger partial charge < -0.3 is 31.2 Å². The minimum absolute atomic E-state index is 0.0526. The molecule has 1 aromatic rings. The molecule has 0 saturated heterocycles. The van der Waals surface area contributed by atoms with E-state index in [0.717, 1.165) is 68.9 Å². The Balaban J connectivity index is 2.40. The molecule has 0 heterocycles. The smallest absolute Gasteiger partial charge is 0.185 e. The number of aryl methyl sites for hydroxylation is 1. The summed E-state index contributed by atoms with van der Waals surface area (Å²) in [5.74, 6) is 1.83. The highest BCUT2D eigenvalue weighted by atomic mass is 16.5. The first-order chi connectivity index (χ1) is 20.2. The molecule has 1 aromatic carbocycles. The van der Waals surface area contributed by atoms with E-state index in [1.54, 1.807) is 13.2 Å². The molecule has 1 fully saturated rings. The first-order valence-corrected chi connectivity index (χ1v) is 16.1. The van der Waals surface area contributed by atoms with Crippen LogP contribution in [-0.2, 0) is 16.0 Å². The SMILES string of the molecule is CC[C@H](/C=C/C(=O)CCc1cc(OC2CCCC2)c(O)c([C@H](CCC(C)C)[C@H](CCCN=C(N)N)COC)c1)CCO. The minimum atomic E-state index is 0.0526. The van der Waals surface area contributed by atoms with Crippen molar-refractivity contribution < 1.29 is 24.5 Å². The Morgan fingerprint density at radius 2 is 1.88 bits per heavy atom. The lowest BCUT2D eigenvalue weighted by Gasteiger charge is -2.30. The van der Waals surface area contributed by atoms with Crippen molar-refractivity contribution in [3.05, 3.63) is 35.4 Å². The van der Waals surface area contributed by atoms with Gasteiger partial charge in [-0.2, -0.15) is 0 Å². The van der Waals surface area contributed by atoms with Crippen molar-refractivity contribution in [1.82, 2.24) is 0 Å². The standard InChI is InChI=1S/C34H57N3O5/c1-5-25(18-20-38)13-15-28(39)16-14-26-21-31(33(40)32(22-26)42-29-10-6-7-11-29)30(17-12-24(2)3)27(23-41-4)9-8-19-37-34(35)36/h13,15,21-22,24-25,27,29-30,38,40H,5-12,14,16-20,23H2,1-4H3,(H4,35,36,37)/b15-13+/t25-,27-,30-/m1/s1. The summed E-state index contributed by atoms with van der Waals surface area (Å²) in [5.41, 5.74) is 13.0. The maximum Gasteiger partial charge on any atom is 0.185 e. The number of benzene rings is 1. The fourth-order valence-corrected chi connectivity index (χ4v) is 5.92. The number of ether oxygens (including phenoxy) is 2. The van der Waals surface area contributed by atoms with Gasteiger partial charge in [-0.25, -0.2) is 0 Å². The van der Waals surface area contributed by atoms with Crippen LogP contribution in [0.15, 0.2) is 29.3 Å². The predicted molar refractivity (Wildman–Crippen MR) is 171 cm³/mol. The average molecular weight is 588 g/mol. The number of guanidine groups is 1. The Labute approximate surface area is 254 Å². The number of aliphatic hydroxyl groups excluding tert-OH is 1. The monoisotopic (exact) mass is 587 g/mol. The van der Waals surface area contributed by atoms with Crippen LogP contribution in [-0.4, -0.2) is 54.9 Å². The molecule has 1 saturated carbocycles. The molecule has 0 spiro atoms. The number of nitrogens with two attached hydrogens (primary N) is 2. The van der Waals surface area contributed by atoms with Crippen LogP contribution < -0.4 is 16.2 Å². The third kappa shape index (κ3) is 12.7. The second-order valence-corrected chi connectivity index (χ2v) is 12.3. The van der Waals surface area contributed by atoms with Crippen molar-refractivity contribution in [2.45, 2.75) is 110 Å². The lowest BCUT2D eigenvalue weighted by Crippen LogP contribution is -2.23. The number of carbonyl (C=O) groups is 1. The summed E-state index contributed by atoms with van der Waals surface area (Å²) in [6.07, 6.45) is 14.0. The van der Waals surface area contributed by atoms with E-state index in [1.807, 2.05) is 12.1 Å². The maximum atomic E-state index is 12.8. The summed E-state index contributed by atoms with van der Waals surface area (Å²) in [6.45, 7) is 7.72. The number of nitrogens with zero attached hydrogens (tertiary/aromatic N) is 1. The van der Waals surface area contributed by atoms with Crippen LogP contribution in [0.1, 0.15) is 108 Å². The van der Waals surface area contributed by atoms with Crippen LogP contribution in [0.5, 0.6) is 11.5 Å². The molecular formula is C34H57N3O5. The van der Waals surface area contributed by atoms with Crippen LogP contribution in [0.4, 0.5) is 0 Å². The zero-order chi connectivity index (χ0) is 30.9. The normalized spacial score (nSPS) is 16.1. The molecule has 1 aliphatic rings. The van der Waals surface area contributed by atoms with Crippen molar-refractivity contribution in [3.8, 4) is 11.5 Å². The second kappa shape index (κ2) is 19.6. The van der Waals surface area contributed by atoms with Gasteiger partial charge in [-0.1, -0.05) is 39.3 Å². The average Bonchev–Trinajstić information content (AvgIpc) is 3.47. The van der Waals surface area contributed by atoms with E-state index < -0.39 is 0 Å². The number of methoxy groups -OCH3 is 1. The van der Waals surface area contributed by atoms with E-state index in [1.165, 1.54) is 0 Å². The Morgan fingerprint density at radius 3 is 2.50 bits per heavy atom. The van der Waals surface area contributed by atoms with Crippen molar-refractivity contribution in [2.24, 2.45) is 34.2 Å². The Hall–Kier alpha value is -2.58. The van der Waals surface area contributed by atoms with Crippen LogP contribution in [0.3, 0.4) is 0 Å². The van der Waals surface area contributed by atoms with Gasteiger partial charge in [0.25, 0.3) is 0 Å². The Kier molecular flexibility index (Phi) is 16.6. The third-order valence-electron chi connectivity index (χ3n) is 8.43. The molecule has 0 aromatic heterocycles. The summed E-state index contributed by atoms with van der Waals surface area (Å²) < 4.78 is 12.1. The molecule has 2 rings (SSSR count). The molecular weight excluding hydrogens is 530 g/mol. The van der Waals surface area contributed by atoms with Gasteiger partial charge in [0.1, 0.15) is 0 Å². The summed E-state index contributed by atoms with van der Waals surface area (Å²) in [6, 6.07) is 4.01. The fourth-order valence-electron chi connectivity index (χ4n) is 5.92. The number of rotatable bonds is 21. The van der Waals surface area contributed by atoms with Gasteiger partial charge in [-0.3, -0.25) is 9.79 Å². The summed E-state index contributed by atoms with van der Waals surface area (Å²) in [4.78, 5) is 16.9. The van der Waals surface area contributed by atoms with Crippen molar-refractivity contribution in [2.75, 3.05) is 26.9 Å². The zero-order valence-corrected chi connectivity index (χ0v) is 26.5. The lowest BCUT2D eigenvalue weighted by atomic mass is 9.78. The summed E-state index contributed by atoms with van der Waals surface area (Å²) >= 11 is 0. The van der Waals surface area contributed by atoms with E-state index in [0.29, 0.717) is 44.1 Å². The van der Waals surface area contributed by atoms with Crippen molar-refractivity contribution in [1.29, 1.82) is 0 Å². The number of phenols is 1. The first-order valence-electron chi connectivity index (χ1n) is 16.1. The Morgan fingerprint density at radius 1 is 1.14 bits per heavy atom. The highest BCUT2D eigenvalue weighted by Gasteiger charge is 2.29. The predicted octanol–water partition coefficient (Wildman–Crippen LogP) is 6.02. The minimum Gasteiger partial charge on any atom is -0.504 e. The van der Waals surface area contributed by atoms with E-state index in [9.17, 15) is 15.0 Å². The number of hydrogen-bond acceptors (Lipinski definition) is 6. The van der Waals surface area contributed by atoms with Crippen LogP contribution in [0.25, 0.3) is 0 Å². The van der Waals surface area contributed by atoms with Crippen LogP contribution in [0, 0.1) is 17.8 Å². The number of allylic oxidation sites excluding steroid dienone is 2. The maximum absolute atomic E-state index is 12.8. The molecule has 6 N–H and O–H groups in total. The molecule has 42 heavy (non-hydrogen) atoms. The van der Waals surface area contributed by atoms with Gasteiger partial charge in [-0.05, 0) is 106 Å². The summed E-state index contributed by atoms with van der Waals surface area (Å²) in [7, 11) is 1.72. The number of phenolic OH excluding ortho intramolecular Hbond substituents is 1. The fraction of sp³-hybridized carbons (Fsp3) is 0.706. The molecule has 0 radical (unpaired) electrons. The first kappa shape index (κ1) is 35.6. The van der Waals surface area contributed by atoms with E-state index in [-0.39, 0.29) is 48.0 Å². The zero-order valence-electron chi connectivity index (χ0n) is 26.5. The van der Waals surface area contributed by atoms with E-state index in [2.05, 4.69) is 31.8 Å². The van der Waals surface area contributed by atoms with Crippen molar-refractivity contribution in [3.63, 3.8) is 0 Å². The highest BCUT2D eigenvalue weighted by Crippen LogP contribution is 2.44. The largest absolute Gasteiger partial charge is 0.504 e. The van der Waals surface area contributed by atoms with Crippen LogP contribution >= 0.6 is 0 Å². The van der Waals surface area contributed by atoms with E-state index >= 15 is 0 Å². The number of aliphatic imine (C=N–C) groups is 1. The van der Waals surface area contributed by atoms with Gasteiger partial charge in [0.15, 0.2) is 23.2 Å².